The highest BCUT2D eigenvalue weighted by atomic mass is 19.3. The number of carbonyl (C=O) groups excluding carboxylic acids is 1. The molecule has 1 saturated heterocycles. The van der Waals surface area contributed by atoms with E-state index in [9.17, 15) is 13.6 Å². The Bertz CT molecular complexity index is 688. The van der Waals surface area contributed by atoms with Crippen LogP contribution in [0.25, 0.3) is 6.08 Å². The number of alkyl halides is 2. The van der Waals surface area contributed by atoms with Gasteiger partial charge in [0.2, 0.25) is 5.91 Å². The standard InChI is InChI=1S/C17H20F2N2O3/c1-17(2)14(21-7-6-20(3)10-15(21)22)9-11-8-12(23-16(18)19)4-5-13(11)24-17/h4-5,8-9,16H,6-7,10H2,1-3H3. The minimum absolute atomic E-state index is 0.00453. The third-order valence-corrected chi connectivity index (χ3v) is 4.18. The van der Waals surface area contributed by atoms with Gasteiger partial charge in [0.25, 0.3) is 0 Å². The number of nitrogens with zero attached hydrogens (tertiary/aromatic N) is 2. The fraction of sp³-hybridized carbons (Fsp3) is 0.471. The summed E-state index contributed by atoms with van der Waals surface area (Å²) in [6.07, 6.45) is 1.82. The highest BCUT2D eigenvalue weighted by Crippen LogP contribution is 2.39. The molecule has 2 aliphatic heterocycles. The molecule has 0 spiro atoms. The largest absolute Gasteiger partial charge is 0.481 e. The second-order valence-corrected chi connectivity index (χ2v) is 6.50. The lowest BCUT2D eigenvalue weighted by Crippen LogP contribution is -2.53. The highest BCUT2D eigenvalue weighted by molar-refractivity contribution is 5.83. The number of ether oxygens (including phenoxy) is 2. The normalized spacial score (nSPS) is 20.5. The van der Waals surface area contributed by atoms with Gasteiger partial charge >= 0.3 is 6.61 Å². The molecule has 24 heavy (non-hydrogen) atoms. The van der Waals surface area contributed by atoms with Gasteiger partial charge in [0.05, 0.1) is 12.2 Å². The van der Waals surface area contributed by atoms with Crippen molar-refractivity contribution in [2.75, 3.05) is 26.7 Å². The van der Waals surface area contributed by atoms with Gasteiger partial charge in [-0.1, -0.05) is 0 Å². The molecule has 2 aliphatic rings. The zero-order chi connectivity index (χ0) is 17.5. The minimum atomic E-state index is -2.88. The Morgan fingerprint density at radius 2 is 2.04 bits per heavy atom. The van der Waals surface area contributed by atoms with Crippen LogP contribution < -0.4 is 9.47 Å². The minimum Gasteiger partial charge on any atom is -0.481 e. The van der Waals surface area contributed by atoms with E-state index in [1.165, 1.54) is 12.1 Å². The van der Waals surface area contributed by atoms with Gasteiger partial charge in [-0.3, -0.25) is 9.69 Å². The average molecular weight is 338 g/mol. The molecule has 0 radical (unpaired) electrons. The van der Waals surface area contributed by atoms with Gasteiger partial charge in [0.15, 0.2) is 0 Å². The lowest BCUT2D eigenvalue weighted by Gasteiger charge is -2.42. The molecule has 0 atom stereocenters. The number of amides is 1. The van der Waals surface area contributed by atoms with Crippen LogP contribution in [0.15, 0.2) is 23.9 Å². The summed E-state index contributed by atoms with van der Waals surface area (Å²) in [5, 5.41) is 0. The first-order valence-electron chi connectivity index (χ1n) is 7.75. The molecule has 7 heteroatoms. The molecule has 0 N–H and O–H groups in total. The molecule has 1 fully saturated rings. The molecule has 1 aromatic carbocycles. The Balaban J connectivity index is 1.96. The van der Waals surface area contributed by atoms with Crippen molar-refractivity contribution in [1.82, 2.24) is 9.80 Å². The fourth-order valence-electron chi connectivity index (χ4n) is 3.01. The molecule has 3 rings (SSSR count). The molecular weight excluding hydrogens is 318 g/mol. The summed E-state index contributed by atoms with van der Waals surface area (Å²) in [6, 6.07) is 4.55. The van der Waals surface area contributed by atoms with Crippen LogP contribution in [-0.2, 0) is 4.79 Å². The summed E-state index contributed by atoms with van der Waals surface area (Å²) in [5.41, 5.74) is 0.653. The monoisotopic (exact) mass is 338 g/mol. The molecule has 2 heterocycles. The third-order valence-electron chi connectivity index (χ3n) is 4.18. The second kappa shape index (κ2) is 6.05. The first-order chi connectivity index (χ1) is 11.3. The molecule has 1 aromatic rings. The Hall–Kier alpha value is -2.15. The molecule has 0 aliphatic carbocycles. The summed E-state index contributed by atoms with van der Waals surface area (Å²) < 4.78 is 35.3. The molecule has 130 valence electrons. The average Bonchev–Trinajstić information content (AvgIpc) is 2.46. The lowest BCUT2D eigenvalue weighted by molar-refractivity contribution is -0.134. The third kappa shape index (κ3) is 3.21. The summed E-state index contributed by atoms with van der Waals surface area (Å²) >= 11 is 0. The van der Waals surface area contributed by atoms with Gasteiger partial charge in [0.1, 0.15) is 17.1 Å². The van der Waals surface area contributed by atoms with Gasteiger partial charge in [-0.05, 0) is 45.2 Å². The maximum Gasteiger partial charge on any atom is 0.387 e. The van der Waals surface area contributed by atoms with Gasteiger partial charge in [-0.15, -0.1) is 0 Å². The van der Waals surface area contributed by atoms with Crippen molar-refractivity contribution in [1.29, 1.82) is 0 Å². The maximum atomic E-state index is 12.4. The lowest BCUT2D eigenvalue weighted by atomic mass is 9.96. The Morgan fingerprint density at radius 3 is 2.71 bits per heavy atom. The fourth-order valence-corrected chi connectivity index (χ4v) is 3.01. The maximum absolute atomic E-state index is 12.4. The van der Waals surface area contributed by atoms with Crippen LogP contribution in [-0.4, -0.2) is 54.6 Å². The molecule has 5 nitrogen and oxygen atoms in total. The molecule has 0 aromatic heterocycles. The van der Waals surface area contributed by atoms with Crippen LogP contribution in [0.2, 0.25) is 0 Å². The van der Waals surface area contributed by atoms with Crippen LogP contribution in [0.3, 0.4) is 0 Å². The SMILES string of the molecule is CN1CCN(C2=Cc3cc(OC(F)F)ccc3OC2(C)C)C(=O)C1. The van der Waals surface area contributed by atoms with Crippen molar-refractivity contribution in [2.24, 2.45) is 0 Å². The number of likely N-dealkylation sites (N-methyl/N-ethyl adjacent to an activating group) is 1. The van der Waals surface area contributed by atoms with Crippen LogP contribution in [0.1, 0.15) is 19.4 Å². The van der Waals surface area contributed by atoms with E-state index >= 15 is 0 Å². The van der Waals surface area contributed by atoms with Gasteiger partial charge in [0, 0.05) is 18.7 Å². The number of hydrogen-bond acceptors (Lipinski definition) is 4. The van der Waals surface area contributed by atoms with E-state index < -0.39 is 12.2 Å². The number of rotatable bonds is 3. The van der Waals surface area contributed by atoms with E-state index in [0.717, 1.165) is 12.2 Å². The highest BCUT2D eigenvalue weighted by Gasteiger charge is 2.38. The van der Waals surface area contributed by atoms with Crippen molar-refractivity contribution < 1.29 is 23.0 Å². The van der Waals surface area contributed by atoms with Crippen molar-refractivity contribution >= 4 is 12.0 Å². The Kier molecular flexibility index (Phi) is 4.21. The number of hydrogen-bond donors (Lipinski definition) is 0. The summed E-state index contributed by atoms with van der Waals surface area (Å²) in [6.45, 7) is 2.56. The van der Waals surface area contributed by atoms with Crippen molar-refractivity contribution in [3.63, 3.8) is 0 Å². The topological polar surface area (TPSA) is 42.0 Å². The van der Waals surface area contributed by atoms with E-state index in [0.29, 0.717) is 24.4 Å². The molecule has 0 bridgehead atoms. The number of carbonyl (C=O) groups is 1. The first-order valence-corrected chi connectivity index (χ1v) is 7.75. The van der Waals surface area contributed by atoms with Gasteiger partial charge < -0.3 is 14.4 Å². The predicted molar refractivity (Wildman–Crippen MR) is 85.0 cm³/mol. The number of halogens is 2. The van der Waals surface area contributed by atoms with Crippen LogP contribution in [0.5, 0.6) is 11.5 Å². The van der Waals surface area contributed by atoms with Crippen LogP contribution >= 0.6 is 0 Å². The van der Waals surface area contributed by atoms with Crippen molar-refractivity contribution in [2.45, 2.75) is 26.1 Å². The quantitative estimate of drug-likeness (QED) is 0.850. The number of fused-ring (bicyclic) bond motifs is 1. The van der Waals surface area contributed by atoms with E-state index in [1.807, 2.05) is 31.9 Å². The Labute approximate surface area is 139 Å². The van der Waals surface area contributed by atoms with E-state index in [-0.39, 0.29) is 11.7 Å². The Morgan fingerprint density at radius 1 is 1.29 bits per heavy atom. The molecule has 1 amide bonds. The summed E-state index contributed by atoms with van der Waals surface area (Å²) in [4.78, 5) is 16.0. The zero-order valence-corrected chi connectivity index (χ0v) is 13.9. The first kappa shape index (κ1) is 16.7. The molecular formula is C17H20F2N2O3. The zero-order valence-electron chi connectivity index (χ0n) is 13.9. The number of piperazine rings is 1. The summed E-state index contributed by atoms with van der Waals surface area (Å²) in [5.74, 6) is 0.634. The van der Waals surface area contributed by atoms with E-state index in [4.69, 9.17) is 4.74 Å². The number of benzene rings is 1. The van der Waals surface area contributed by atoms with Gasteiger partial charge in [-0.2, -0.15) is 8.78 Å². The van der Waals surface area contributed by atoms with Gasteiger partial charge in [-0.25, -0.2) is 0 Å². The summed E-state index contributed by atoms with van der Waals surface area (Å²) in [7, 11) is 1.90. The van der Waals surface area contributed by atoms with Crippen LogP contribution in [0.4, 0.5) is 8.78 Å². The van der Waals surface area contributed by atoms with Crippen molar-refractivity contribution in [3.8, 4) is 11.5 Å². The van der Waals surface area contributed by atoms with E-state index in [1.54, 1.807) is 11.0 Å². The molecule has 0 unspecified atom stereocenters. The van der Waals surface area contributed by atoms with E-state index in [2.05, 4.69) is 4.74 Å². The molecule has 0 saturated carbocycles. The van der Waals surface area contributed by atoms with Crippen LogP contribution in [0, 0.1) is 0 Å². The van der Waals surface area contributed by atoms with Crippen molar-refractivity contribution in [3.05, 3.63) is 29.5 Å². The smallest absolute Gasteiger partial charge is 0.387 e. The second-order valence-electron chi connectivity index (χ2n) is 6.50. The predicted octanol–water partition coefficient (Wildman–Crippen LogP) is 2.57.